The number of rotatable bonds is 23. The number of thioether (sulfide) groups is 2. The van der Waals surface area contributed by atoms with Crippen molar-refractivity contribution in [1.82, 2.24) is 30.4 Å². The van der Waals surface area contributed by atoms with Crippen LogP contribution in [0.5, 0.6) is 0 Å². The molecule has 7 heterocycles. The van der Waals surface area contributed by atoms with Crippen LogP contribution in [0, 0.1) is 0 Å². The van der Waals surface area contributed by atoms with Gasteiger partial charge in [0.15, 0.2) is 41.1 Å². The Balaban J connectivity index is 1.05. The molecule has 0 radical (unpaired) electrons. The van der Waals surface area contributed by atoms with E-state index in [4.69, 9.17) is 14.5 Å². The van der Waals surface area contributed by atoms with E-state index in [0.29, 0.717) is 5.57 Å². The molecular formula is C43H45N11O17S4. The fourth-order valence-corrected chi connectivity index (χ4v) is 10.9. The predicted molar refractivity (Wildman–Crippen MR) is 261 cm³/mol. The molecule has 0 saturated carbocycles. The molecule has 0 aromatic carbocycles. The summed E-state index contributed by atoms with van der Waals surface area (Å²) in [6.45, 7) is 7.10. The van der Waals surface area contributed by atoms with Gasteiger partial charge in [-0.3, -0.25) is 33.8 Å². The van der Waals surface area contributed by atoms with E-state index in [1.165, 1.54) is 50.2 Å². The van der Waals surface area contributed by atoms with Gasteiger partial charge in [0.2, 0.25) is 16.3 Å². The van der Waals surface area contributed by atoms with Crippen molar-refractivity contribution in [2.45, 2.75) is 87.7 Å². The van der Waals surface area contributed by atoms with Gasteiger partial charge in [0.25, 0.3) is 23.6 Å². The van der Waals surface area contributed by atoms with Gasteiger partial charge in [0, 0.05) is 46.5 Å². The first-order valence-corrected chi connectivity index (χ1v) is 25.7. The first-order chi connectivity index (χ1) is 35.2. The molecule has 32 heteroatoms. The maximum absolute atomic E-state index is 13.9. The van der Waals surface area contributed by atoms with E-state index in [1.807, 2.05) is 0 Å². The molecule has 3 aromatic rings. The zero-order chi connectivity index (χ0) is 54.9. The van der Waals surface area contributed by atoms with Crippen LogP contribution in [0.25, 0.3) is 0 Å². The molecular weight excluding hydrogens is 1070 g/mol. The number of thiazole rings is 2. The lowest BCUT2D eigenvalue weighted by atomic mass is 10.0. The topological polar surface area (TPSA) is 394 Å². The van der Waals surface area contributed by atoms with Crippen LogP contribution in [0.15, 0.2) is 74.2 Å². The van der Waals surface area contributed by atoms with E-state index in [0.717, 1.165) is 58.1 Å². The standard InChI is InChI=1S/C43H45N11O17S4/c1-41(2,36(63)64)69-49-22(28(55)48-25-31(58)54-27(35(61)62)19(15-73-33(25)54)13-52-10-8-7-9-11-52)20-16-74-39(45-20)44-12-18-14-72-32-24(30(57)53(32)26(18)34(59)60)47-29(56)23(50-70-42(3,4)37(65)66)21-17-75-40(46-21)51-71-43(5,6)38(67)68/h7-11,16-17,24-25,32-33H,12-15H2,1-6H3,(H8-,44,45,46,47,48,51,55,56,59,60,61,62,63,64,65,66,67,68)/b49-22-,50-23-/t24-,25-,32-,33-/m1/s1. The first-order valence-electron chi connectivity index (χ1n) is 21.9. The highest BCUT2D eigenvalue weighted by Gasteiger charge is 2.55. The van der Waals surface area contributed by atoms with E-state index < -0.39 is 110 Å². The van der Waals surface area contributed by atoms with Crippen LogP contribution in [0.4, 0.5) is 10.3 Å². The van der Waals surface area contributed by atoms with Gasteiger partial charge in [-0.15, -0.1) is 46.2 Å². The van der Waals surface area contributed by atoms with E-state index >= 15 is 0 Å². The number of carbonyl (C=O) groups excluding carboxylic acids is 5. The Bertz CT molecular complexity index is 3010. The first kappa shape index (κ1) is 55.1. The van der Waals surface area contributed by atoms with Crippen LogP contribution < -0.4 is 31.1 Å². The summed E-state index contributed by atoms with van der Waals surface area (Å²) in [5.41, 5.74) is -4.87. The van der Waals surface area contributed by atoms with Crippen molar-refractivity contribution < 1.29 is 87.8 Å². The van der Waals surface area contributed by atoms with E-state index in [1.54, 1.807) is 35.2 Å². The number of hydrogen-bond donors (Lipinski definition) is 8. The van der Waals surface area contributed by atoms with Crippen molar-refractivity contribution in [2.75, 3.05) is 28.8 Å². The Labute approximate surface area is 439 Å². The minimum Gasteiger partial charge on any atom is -0.543 e. The van der Waals surface area contributed by atoms with Crippen LogP contribution in [0.3, 0.4) is 0 Å². The minimum absolute atomic E-state index is 0.00137. The molecule has 2 fully saturated rings. The number of oxime groups is 2. The minimum atomic E-state index is -1.95. The number of aromatic nitrogens is 3. The average molecular weight is 1120 g/mol. The van der Waals surface area contributed by atoms with Crippen LogP contribution >= 0.6 is 46.2 Å². The maximum Gasteiger partial charge on any atom is 0.352 e. The number of amides is 4. The van der Waals surface area contributed by atoms with Crippen molar-refractivity contribution in [3.8, 4) is 0 Å². The third kappa shape index (κ3) is 11.7. The Morgan fingerprint density at radius 2 is 1.17 bits per heavy atom. The third-order valence-corrected chi connectivity index (χ3v) is 15.5. The van der Waals surface area contributed by atoms with Gasteiger partial charge in [-0.1, -0.05) is 16.4 Å². The van der Waals surface area contributed by atoms with Crippen molar-refractivity contribution in [3.63, 3.8) is 0 Å². The number of hydrogen-bond acceptors (Lipinski definition) is 23. The zero-order valence-electron chi connectivity index (χ0n) is 40.0. The molecule has 3 aromatic heterocycles. The average Bonchev–Trinajstić information content (AvgIpc) is 4.03. The van der Waals surface area contributed by atoms with Gasteiger partial charge in [0.1, 0.15) is 39.9 Å². The highest BCUT2D eigenvalue weighted by molar-refractivity contribution is 8.00. The number of fused-ring (bicyclic) bond motifs is 2. The van der Waals surface area contributed by atoms with E-state index in [9.17, 15) is 68.7 Å². The molecule has 0 aliphatic carbocycles. The second kappa shape index (κ2) is 21.7. The SMILES string of the molecule is CC(C)(O/N=C(\C(=O)N[C@@H]1C(=O)N2C(C(=O)[O-])=C(C[n+]3ccccc3)CS[C@H]12)c1csc(NCC2=C(C(=O)O)N3C(=O)[C@@H](NC(=O)/C(=N\OC(C)(C)C(=O)O)c4csc(NOC(C)(C)C(=O)O)n4)[C@H]3SC2)n1)C(=O)O. The van der Waals surface area contributed by atoms with Crippen molar-refractivity contribution in [3.05, 3.63) is 75.3 Å². The van der Waals surface area contributed by atoms with Gasteiger partial charge in [-0.25, -0.2) is 39.2 Å². The Kier molecular flexibility index (Phi) is 15.9. The lowest BCUT2D eigenvalue weighted by molar-refractivity contribution is -0.689. The summed E-state index contributed by atoms with van der Waals surface area (Å²) in [4.78, 5) is 141. The van der Waals surface area contributed by atoms with Crippen molar-refractivity contribution in [2.24, 2.45) is 10.3 Å². The summed E-state index contributed by atoms with van der Waals surface area (Å²) >= 11 is 4.07. The van der Waals surface area contributed by atoms with Gasteiger partial charge in [-0.2, -0.15) is 0 Å². The summed E-state index contributed by atoms with van der Waals surface area (Å²) in [5, 5.41) is 67.8. The molecule has 4 aliphatic heterocycles. The van der Waals surface area contributed by atoms with Gasteiger partial charge >= 0.3 is 23.9 Å². The number of pyridine rings is 1. The number of carbonyl (C=O) groups is 9. The lowest BCUT2D eigenvalue weighted by Crippen LogP contribution is -2.71. The molecule has 2 saturated heterocycles. The quantitative estimate of drug-likeness (QED) is 0.0250. The Morgan fingerprint density at radius 1 is 0.707 bits per heavy atom. The van der Waals surface area contributed by atoms with E-state index in [2.05, 4.69) is 41.7 Å². The number of nitrogens with one attached hydrogen (secondary N) is 4. The number of aliphatic carboxylic acids is 5. The molecule has 0 bridgehead atoms. The smallest absolute Gasteiger partial charge is 0.352 e. The second-order valence-electron chi connectivity index (χ2n) is 17.9. The van der Waals surface area contributed by atoms with Crippen LogP contribution in [0.2, 0.25) is 0 Å². The van der Waals surface area contributed by atoms with Crippen LogP contribution in [0.1, 0.15) is 52.9 Å². The third-order valence-electron chi connectivity index (χ3n) is 11.3. The second-order valence-corrected chi connectivity index (χ2v) is 21.8. The number of carboxylic acid groups (broad SMARTS) is 5. The highest BCUT2D eigenvalue weighted by Crippen LogP contribution is 2.42. The van der Waals surface area contributed by atoms with Crippen molar-refractivity contribution >= 4 is 121 Å². The normalized spacial score (nSPS) is 20.0. The van der Waals surface area contributed by atoms with Crippen LogP contribution in [-0.2, 0) is 64.2 Å². The molecule has 75 heavy (non-hydrogen) atoms. The molecule has 8 N–H and O–H groups in total. The molecule has 398 valence electrons. The summed E-state index contributed by atoms with van der Waals surface area (Å²) < 4.78 is 1.73. The van der Waals surface area contributed by atoms with Gasteiger partial charge in [0.05, 0.1) is 11.7 Å². The lowest BCUT2D eigenvalue weighted by Gasteiger charge is -2.50. The molecule has 4 aliphatic rings. The number of carboxylic acids is 5. The molecule has 0 unspecified atom stereocenters. The molecule has 28 nitrogen and oxygen atoms in total. The summed E-state index contributed by atoms with van der Waals surface area (Å²) in [5.74, 6) is -10.8. The largest absolute Gasteiger partial charge is 0.543 e. The predicted octanol–water partition coefficient (Wildman–Crippen LogP) is -0.784. The van der Waals surface area contributed by atoms with Crippen LogP contribution in [-0.4, -0.2) is 163 Å². The number of anilines is 2. The Hall–Kier alpha value is -7.68. The molecule has 4 atom stereocenters. The number of nitrogens with zero attached hydrogens (tertiary/aromatic N) is 7. The van der Waals surface area contributed by atoms with Gasteiger partial charge in [-0.05, 0) is 47.1 Å². The zero-order valence-corrected chi connectivity index (χ0v) is 43.3. The fourth-order valence-electron chi connectivity index (χ4n) is 6.89. The molecule has 7 rings (SSSR count). The summed E-state index contributed by atoms with van der Waals surface area (Å²) in [6, 6.07) is 2.72. The summed E-state index contributed by atoms with van der Waals surface area (Å²) in [6.07, 6.45) is 3.45. The maximum atomic E-state index is 13.9. The summed E-state index contributed by atoms with van der Waals surface area (Å²) in [7, 11) is 0. The Morgan fingerprint density at radius 3 is 1.65 bits per heavy atom. The number of β-lactam (4-membered cyclic amide) rings is 2. The van der Waals surface area contributed by atoms with E-state index in [-0.39, 0.29) is 57.5 Å². The van der Waals surface area contributed by atoms with Crippen molar-refractivity contribution in [1.29, 1.82) is 0 Å². The molecule has 0 spiro atoms. The highest BCUT2D eigenvalue weighted by atomic mass is 32.2. The van der Waals surface area contributed by atoms with Gasteiger partial charge < -0.3 is 56.0 Å². The molecule has 4 amide bonds. The fraction of sp³-hybridized carbons (Fsp3) is 0.395. The monoisotopic (exact) mass is 1120 g/mol.